The Morgan fingerprint density at radius 2 is 2.13 bits per heavy atom. The molecule has 0 aromatic carbocycles. The molecule has 0 aliphatic rings. The van der Waals surface area contributed by atoms with Crippen molar-refractivity contribution in [2.45, 2.75) is 19.8 Å². The fourth-order valence-electron chi connectivity index (χ4n) is 1.12. The van der Waals surface area contributed by atoms with Crippen molar-refractivity contribution in [3.05, 3.63) is 0 Å². The summed E-state index contributed by atoms with van der Waals surface area (Å²) in [6, 6.07) is 0. The van der Waals surface area contributed by atoms with E-state index in [4.69, 9.17) is 10.8 Å². The van der Waals surface area contributed by atoms with Crippen molar-refractivity contribution in [1.29, 1.82) is 0 Å². The van der Waals surface area contributed by atoms with E-state index in [2.05, 4.69) is 0 Å². The first-order chi connectivity index (χ1) is 7.01. The minimum atomic E-state index is -2.58. The molecule has 0 heterocycles. The third-order valence-corrected chi connectivity index (χ3v) is 2.01. The number of halogens is 2. The van der Waals surface area contributed by atoms with Gasteiger partial charge in [-0.3, -0.25) is 4.79 Å². The predicted octanol–water partition coefficient (Wildman–Crippen LogP) is 0.0573. The third kappa shape index (κ3) is 6.35. The molecule has 0 bridgehead atoms. The van der Waals surface area contributed by atoms with E-state index >= 15 is 0 Å². The summed E-state index contributed by atoms with van der Waals surface area (Å²) >= 11 is 0. The number of hydrogen-bond donors (Lipinski definition) is 2. The average Bonchev–Trinajstić information content (AvgIpc) is 2.16. The van der Waals surface area contributed by atoms with Gasteiger partial charge in [0.2, 0.25) is 5.91 Å². The Hall–Kier alpha value is -0.750. The number of rotatable bonds is 7. The summed E-state index contributed by atoms with van der Waals surface area (Å²) in [6.07, 6.45) is -2.43. The maximum Gasteiger partial charge on any atom is 0.255 e. The summed E-state index contributed by atoms with van der Waals surface area (Å²) in [7, 11) is 0. The number of carbonyl (C=O) groups excluding carboxylic acids is 1. The molecular formula is C9H18F2N2O2. The van der Waals surface area contributed by atoms with E-state index in [1.165, 1.54) is 0 Å². The third-order valence-electron chi connectivity index (χ3n) is 2.01. The Balaban J connectivity index is 4.15. The molecule has 1 atom stereocenters. The van der Waals surface area contributed by atoms with Crippen molar-refractivity contribution in [3.63, 3.8) is 0 Å². The normalized spacial score (nSPS) is 12.9. The van der Waals surface area contributed by atoms with Crippen LogP contribution in [0.3, 0.4) is 0 Å². The Morgan fingerprint density at radius 3 is 2.53 bits per heavy atom. The van der Waals surface area contributed by atoms with Gasteiger partial charge in [0.15, 0.2) is 0 Å². The predicted molar refractivity (Wildman–Crippen MR) is 52.5 cm³/mol. The monoisotopic (exact) mass is 224 g/mol. The maximum absolute atomic E-state index is 12.1. The van der Waals surface area contributed by atoms with Crippen LogP contribution in [0.15, 0.2) is 0 Å². The van der Waals surface area contributed by atoms with Crippen molar-refractivity contribution in [2.75, 3.05) is 26.2 Å². The molecule has 15 heavy (non-hydrogen) atoms. The Morgan fingerprint density at radius 1 is 1.53 bits per heavy atom. The van der Waals surface area contributed by atoms with Gasteiger partial charge in [0.1, 0.15) is 0 Å². The summed E-state index contributed by atoms with van der Waals surface area (Å²) in [6.45, 7) is 1.12. The standard InChI is InChI=1S/C9H18F2N2O2/c1-7(5-12)4-9(15)13(2-3-14)6-8(10)11/h7-8,14H,2-6,12H2,1H3. The van der Waals surface area contributed by atoms with Crippen molar-refractivity contribution in [3.8, 4) is 0 Å². The Kier molecular flexibility index (Phi) is 7.15. The molecule has 0 fully saturated rings. The highest BCUT2D eigenvalue weighted by atomic mass is 19.3. The SMILES string of the molecule is CC(CN)CC(=O)N(CCO)CC(F)F. The molecule has 90 valence electrons. The molecule has 0 saturated heterocycles. The van der Waals surface area contributed by atoms with E-state index in [0.29, 0.717) is 6.54 Å². The topological polar surface area (TPSA) is 66.6 Å². The molecule has 0 radical (unpaired) electrons. The zero-order chi connectivity index (χ0) is 11.8. The molecule has 0 spiro atoms. The first kappa shape index (κ1) is 14.2. The molecule has 0 aliphatic carbocycles. The second-order valence-electron chi connectivity index (χ2n) is 3.50. The highest BCUT2D eigenvalue weighted by molar-refractivity contribution is 5.76. The van der Waals surface area contributed by atoms with Gasteiger partial charge in [-0.15, -0.1) is 0 Å². The second-order valence-corrected chi connectivity index (χ2v) is 3.50. The van der Waals surface area contributed by atoms with E-state index in [-0.39, 0.29) is 31.4 Å². The van der Waals surface area contributed by atoms with Crippen LogP contribution in [0.25, 0.3) is 0 Å². The quantitative estimate of drug-likeness (QED) is 0.642. The van der Waals surface area contributed by atoms with Crippen LogP contribution in [-0.4, -0.2) is 48.6 Å². The molecule has 0 saturated carbocycles. The Bertz CT molecular complexity index is 191. The van der Waals surface area contributed by atoms with Gasteiger partial charge in [-0.25, -0.2) is 8.78 Å². The van der Waals surface area contributed by atoms with Gasteiger partial charge >= 0.3 is 0 Å². The van der Waals surface area contributed by atoms with Crippen LogP contribution in [0, 0.1) is 5.92 Å². The number of aliphatic hydroxyl groups is 1. The van der Waals surface area contributed by atoms with Crippen LogP contribution in [0.5, 0.6) is 0 Å². The van der Waals surface area contributed by atoms with Crippen molar-refractivity contribution in [2.24, 2.45) is 11.7 Å². The molecule has 1 amide bonds. The number of aliphatic hydroxyl groups excluding tert-OH is 1. The van der Waals surface area contributed by atoms with Crippen molar-refractivity contribution in [1.82, 2.24) is 4.90 Å². The van der Waals surface area contributed by atoms with Gasteiger partial charge in [0.25, 0.3) is 6.43 Å². The van der Waals surface area contributed by atoms with Gasteiger partial charge in [0, 0.05) is 13.0 Å². The van der Waals surface area contributed by atoms with E-state index in [9.17, 15) is 13.6 Å². The van der Waals surface area contributed by atoms with E-state index in [1.54, 1.807) is 6.92 Å². The summed E-state index contributed by atoms with van der Waals surface area (Å²) in [5.74, 6) is -0.418. The van der Waals surface area contributed by atoms with Crippen molar-refractivity contribution >= 4 is 5.91 Å². The largest absolute Gasteiger partial charge is 0.395 e. The highest BCUT2D eigenvalue weighted by Gasteiger charge is 2.19. The second kappa shape index (κ2) is 7.53. The van der Waals surface area contributed by atoms with E-state index < -0.39 is 13.0 Å². The fraction of sp³-hybridized carbons (Fsp3) is 0.889. The Labute approximate surface area is 88.0 Å². The molecule has 3 N–H and O–H groups in total. The molecule has 0 aliphatic heterocycles. The molecular weight excluding hydrogens is 206 g/mol. The lowest BCUT2D eigenvalue weighted by Gasteiger charge is -2.22. The lowest BCUT2D eigenvalue weighted by atomic mass is 10.1. The van der Waals surface area contributed by atoms with Gasteiger partial charge < -0.3 is 15.7 Å². The van der Waals surface area contributed by atoms with Gasteiger partial charge in [-0.1, -0.05) is 6.92 Å². The number of nitrogens with zero attached hydrogens (tertiary/aromatic N) is 1. The van der Waals surface area contributed by atoms with Gasteiger partial charge in [0.05, 0.1) is 13.2 Å². The summed E-state index contributed by atoms with van der Waals surface area (Å²) in [5, 5.41) is 8.63. The van der Waals surface area contributed by atoms with Crippen LogP contribution in [0.4, 0.5) is 8.78 Å². The zero-order valence-corrected chi connectivity index (χ0v) is 8.83. The summed E-state index contributed by atoms with van der Waals surface area (Å²) in [5.41, 5.74) is 5.33. The number of hydrogen-bond acceptors (Lipinski definition) is 3. The van der Waals surface area contributed by atoms with Crippen molar-refractivity contribution < 1.29 is 18.7 Å². The molecule has 1 unspecified atom stereocenters. The minimum Gasteiger partial charge on any atom is -0.395 e. The first-order valence-electron chi connectivity index (χ1n) is 4.88. The van der Waals surface area contributed by atoms with E-state index in [1.807, 2.05) is 0 Å². The van der Waals surface area contributed by atoms with Crippen LogP contribution in [-0.2, 0) is 4.79 Å². The molecule has 4 nitrogen and oxygen atoms in total. The summed E-state index contributed by atoms with van der Waals surface area (Å²) < 4.78 is 24.2. The number of carbonyl (C=O) groups is 1. The number of nitrogens with two attached hydrogens (primary N) is 1. The van der Waals surface area contributed by atoms with Crippen LogP contribution >= 0.6 is 0 Å². The molecule has 0 aromatic heterocycles. The van der Waals surface area contributed by atoms with E-state index in [0.717, 1.165) is 4.90 Å². The number of alkyl halides is 2. The minimum absolute atomic E-state index is 0.0311. The first-order valence-corrected chi connectivity index (χ1v) is 4.88. The highest BCUT2D eigenvalue weighted by Crippen LogP contribution is 2.06. The smallest absolute Gasteiger partial charge is 0.255 e. The lowest BCUT2D eigenvalue weighted by Crippen LogP contribution is -2.38. The molecule has 0 aromatic rings. The van der Waals surface area contributed by atoms with Gasteiger partial charge in [-0.05, 0) is 12.5 Å². The summed E-state index contributed by atoms with van der Waals surface area (Å²) in [4.78, 5) is 12.4. The maximum atomic E-state index is 12.1. The van der Waals surface area contributed by atoms with Crippen LogP contribution in [0.1, 0.15) is 13.3 Å². The molecule has 0 rings (SSSR count). The fourth-order valence-corrected chi connectivity index (χ4v) is 1.12. The average molecular weight is 224 g/mol. The van der Waals surface area contributed by atoms with Crippen LogP contribution < -0.4 is 5.73 Å². The zero-order valence-electron chi connectivity index (χ0n) is 8.83. The van der Waals surface area contributed by atoms with Gasteiger partial charge in [-0.2, -0.15) is 0 Å². The lowest BCUT2D eigenvalue weighted by molar-refractivity contribution is -0.134. The molecule has 6 heteroatoms. The number of amides is 1. The van der Waals surface area contributed by atoms with Crippen LogP contribution in [0.2, 0.25) is 0 Å².